The second-order valence-corrected chi connectivity index (χ2v) is 7.48. The number of carbonyl (C=O) groups is 2. The number of primary amides is 1. The molecule has 3 aromatic rings. The number of anilines is 1. The van der Waals surface area contributed by atoms with Crippen LogP contribution in [-0.4, -0.2) is 27.7 Å². The lowest BCUT2D eigenvalue weighted by atomic mass is 9.98. The van der Waals surface area contributed by atoms with Crippen molar-refractivity contribution in [3.63, 3.8) is 0 Å². The first-order valence-electron chi connectivity index (χ1n) is 9.78. The van der Waals surface area contributed by atoms with Gasteiger partial charge in [-0.2, -0.15) is 5.10 Å². The van der Waals surface area contributed by atoms with E-state index < -0.39 is 12.0 Å². The van der Waals surface area contributed by atoms with Crippen LogP contribution >= 0.6 is 0 Å². The van der Waals surface area contributed by atoms with Crippen molar-refractivity contribution in [2.75, 3.05) is 5.32 Å². The SMILES string of the molecule is Cc1cc(OC(C)C(=O)Nc2ccc(-n3ccc(C(N)=O)n3)cc2)ccc1C(C)C. The van der Waals surface area contributed by atoms with Gasteiger partial charge in [-0.25, -0.2) is 4.68 Å². The van der Waals surface area contributed by atoms with E-state index in [4.69, 9.17) is 10.5 Å². The Morgan fingerprint density at radius 2 is 1.77 bits per heavy atom. The maximum atomic E-state index is 12.5. The highest BCUT2D eigenvalue weighted by atomic mass is 16.5. The predicted octanol–water partition coefficient (Wildman–Crippen LogP) is 3.81. The van der Waals surface area contributed by atoms with E-state index in [0.29, 0.717) is 17.4 Å². The first kappa shape index (κ1) is 21.1. The summed E-state index contributed by atoms with van der Waals surface area (Å²) in [4.78, 5) is 23.7. The van der Waals surface area contributed by atoms with Gasteiger partial charge in [0, 0.05) is 11.9 Å². The standard InChI is InChI=1S/C23H26N4O3/c1-14(2)20-10-9-19(13-15(20)3)30-16(4)23(29)25-17-5-7-18(8-6-17)27-12-11-21(26-27)22(24)28/h5-14,16H,1-4H3,(H2,24,28)(H,25,29). The third-order valence-corrected chi connectivity index (χ3v) is 4.79. The summed E-state index contributed by atoms with van der Waals surface area (Å²) < 4.78 is 7.35. The molecular weight excluding hydrogens is 380 g/mol. The molecule has 0 saturated heterocycles. The number of hydrogen-bond acceptors (Lipinski definition) is 4. The number of nitrogens with zero attached hydrogens (tertiary/aromatic N) is 2. The summed E-state index contributed by atoms with van der Waals surface area (Å²) in [6.45, 7) is 8.05. The highest BCUT2D eigenvalue weighted by Crippen LogP contribution is 2.24. The molecule has 7 nitrogen and oxygen atoms in total. The van der Waals surface area contributed by atoms with E-state index >= 15 is 0 Å². The van der Waals surface area contributed by atoms with E-state index in [1.54, 1.807) is 48.1 Å². The Labute approximate surface area is 175 Å². The molecule has 0 saturated carbocycles. The fourth-order valence-corrected chi connectivity index (χ4v) is 3.17. The Morgan fingerprint density at radius 3 is 2.33 bits per heavy atom. The molecule has 0 radical (unpaired) electrons. The Morgan fingerprint density at radius 1 is 1.07 bits per heavy atom. The fourth-order valence-electron chi connectivity index (χ4n) is 3.17. The Hall–Kier alpha value is -3.61. The topological polar surface area (TPSA) is 99.2 Å². The summed E-state index contributed by atoms with van der Waals surface area (Å²) in [5.74, 6) is 0.273. The van der Waals surface area contributed by atoms with Gasteiger partial charge in [0.15, 0.2) is 6.10 Å². The van der Waals surface area contributed by atoms with Crippen LogP contribution in [0.3, 0.4) is 0 Å². The van der Waals surface area contributed by atoms with E-state index in [9.17, 15) is 9.59 Å². The molecule has 0 fully saturated rings. The normalized spacial score (nSPS) is 11.9. The van der Waals surface area contributed by atoms with Crippen molar-refractivity contribution in [3.8, 4) is 11.4 Å². The third-order valence-electron chi connectivity index (χ3n) is 4.79. The fraction of sp³-hybridized carbons (Fsp3) is 0.261. The van der Waals surface area contributed by atoms with E-state index in [2.05, 4.69) is 24.3 Å². The zero-order valence-electron chi connectivity index (χ0n) is 17.5. The smallest absolute Gasteiger partial charge is 0.269 e. The molecule has 3 rings (SSSR count). The monoisotopic (exact) mass is 406 g/mol. The number of carbonyl (C=O) groups excluding carboxylic acids is 2. The average Bonchev–Trinajstić information content (AvgIpc) is 3.19. The van der Waals surface area contributed by atoms with Crippen molar-refractivity contribution in [2.24, 2.45) is 5.73 Å². The van der Waals surface area contributed by atoms with Gasteiger partial charge in [-0.15, -0.1) is 0 Å². The number of amides is 2. The van der Waals surface area contributed by atoms with Gasteiger partial charge in [0.2, 0.25) is 0 Å². The second-order valence-electron chi connectivity index (χ2n) is 7.48. The molecule has 1 aromatic heterocycles. The first-order valence-corrected chi connectivity index (χ1v) is 9.78. The summed E-state index contributed by atoms with van der Waals surface area (Å²) in [5, 5.41) is 6.95. The lowest BCUT2D eigenvalue weighted by molar-refractivity contribution is -0.122. The second kappa shape index (κ2) is 8.82. The molecule has 3 N–H and O–H groups in total. The van der Waals surface area contributed by atoms with E-state index in [-0.39, 0.29) is 11.6 Å². The summed E-state index contributed by atoms with van der Waals surface area (Å²) >= 11 is 0. The van der Waals surface area contributed by atoms with Crippen LogP contribution in [0.4, 0.5) is 5.69 Å². The molecule has 0 aliphatic rings. The van der Waals surface area contributed by atoms with Gasteiger partial charge in [0.25, 0.3) is 11.8 Å². The van der Waals surface area contributed by atoms with Crippen molar-refractivity contribution < 1.29 is 14.3 Å². The number of ether oxygens (including phenoxy) is 1. The Kier molecular flexibility index (Phi) is 6.20. The first-order chi connectivity index (χ1) is 14.2. The van der Waals surface area contributed by atoms with Crippen molar-refractivity contribution in [1.82, 2.24) is 9.78 Å². The lowest BCUT2D eigenvalue weighted by Gasteiger charge is -2.17. The summed E-state index contributed by atoms with van der Waals surface area (Å²) in [5.41, 5.74) is 9.19. The van der Waals surface area contributed by atoms with Gasteiger partial charge < -0.3 is 15.8 Å². The molecule has 0 bridgehead atoms. The van der Waals surface area contributed by atoms with Crippen molar-refractivity contribution in [1.29, 1.82) is 0 Å². The average molecular weight is 406 g/mol. The zero-order chi connectivity index (χ0) is 21.8. The van der Waals surface area contributed by atoms with E-state index in [0.717, 1.165) is 11.3 Å². The van der Waals surface area contributed by atoms with Gasteiger partial charge in [0.05, 0.1) is 5.69 Å². The minimum Gasteiger partial charge on any atom is -0.481 e. The summed E-state index contributed by atoms with van der Waals surface area (Å²) in [6, 6.07) is 14.5. The number of nitrogens with one attached hydrogen (secondary N) is 1. The Bertz CT molecular complexity index is 1050. The van der Waals surface area contributed by atoms with Crippen molar-refractivity contribution in [3.05, 3.63) is 71.5 Å². The minimum absolute atomic E-state index is 0.190. The highest BCUT2D eigenvalue weighted by Gasteiger charge is 2.16. The highest BCUT2D eigenvalue weighted by molar-refractivity contribution is 5.94. The molecule has 0 aliphatic carbocycles. The van der Waals surface area contributed by atoms with Gasteiger partial charge >= 0.3 is 0 Å². The van der Waals surface area contributed by atoms with Gasteiger partial charge in [-0.3, -0.25) is 9.59 Å². The van der Waals surface area contributed by atoms with Crippen LogP contribution in [0.1, 0.15) is 48.3 Å². The molecular formula is C23H26N4O3. The van der Waals surface area contributed by atoms with Crippen molar-refractivity contribution >= 4 is 17.5 Å². The molecule has 1 heterocycles. The van der Waals surface area contributed by atoms with E-state index in [1.807, 2.05) is 25.1 Å². The number of nitrogens with two attached hydrogens (primary N) is 1. The summed E-state index contributed by atoms with van der Waals surface area (Å²) in [7, 11) is 0. The number of aryl methyl sites for hydroxylation is 1. The molecule has 0 spiro atoms. The van der Waals surface area contributed by atoms with Crippen LogP contribution in [0.5, 0.6) is 5.75 Å². The number of rotatable bonds is 7. The maximum Gasteiger partial charge on any atom is 0.269 e. The van der Waals surface area contributed by atoms with E-state index in [1.165, 1.54) is 5.56 Å². The van der Waals surface area contributed by atoms with Crippen LogP contribution in [0, 0.1) is 6.92 Å². The number of aromatic nitrogens is 2. The molecule has 2 amide bonds. The minimum atomic E-state index is -0.654. The molecule has 2 aromatic carbocycles. The molecule has 1 atom stereocenters. The summed E-state index contributed by atoms with van der Waals surface area (Å²) in [6.07, 6.45) is 0.995. The van der Waals surface area contributed by atoms with Gasteiger partial charge in [-0.1, -0.05) is 19.9 Å². The Balaban J connectivity index is 1.62. The lowest BCUT2D eigenvalue weighted by Crippen LogP contribution is -2.30. The van der Waals surface area contributed by atoms with Crippen LogP contribution in [-0.2, 0) is 4.79 Å². The van der Waals surface area contributed by atoms with Crippen LogP contribution in [0.2, 0.25) is 0 Å². The quantitative estimate of drug-likeness (QED) is 0.623. The van der Waals surface area contributed by atoms with Crippen LogP contribution in [0.15, 0.2) is 54.7 Å². The molecule has 30 heavy (non-hydrogen) atoms. The largest absolute Gasteiger partial charge is 0.481 e. The van der Waals surface area contributed by atoms with Crippen molar-refractivity contribution in [2.45, 2.75) is 39.7 Å². The zero-order valence-corrected chi connectivity index (χ0v) is 17.5. The molecule has 156 valence electrons. The molecule has 0 aliphatic heterocycles. The van der Waals surface area contributed by atoms with Gasteiger partial charge in [0.1, 0.15) is 11.4 Å². The molecule has 7 heteroatoms. The number of hydrogen-bond donors (Lipinski definition) is 2. The number of benzene rings is 2. The third kappa shape index (κ3) is 4.86. The maximum absolute atomic E-state index is 12.5. The predicted molar refractivity (Wildman–Crippen MR) is 116 cm³/mol. The van der Waals surface area contributed by atoms with Crippen LogP contribution in [0.25, 0.3) is 5.69 Å². The van der Waals surface area contributed by atoms with Crippen LogP contribution < -0.4 is 15.8 Å². The molecule has 1 unspecified atom stereocenters. The van der Waals surface area contributed by atoms with Gasteiger partial charge in [-0.05, 0) is 73.4 Å².